The van der Waals surface area contributed by atoms with E-state index in [1.165, 1.54) is 24.3 Å². The quantitative estimate of drug-likeness (QED) is 0.681. The fourth-order valence-corrected chi connectivity index (χ4v) is 1.35. The average Bonchev–Trinajstić information content (AvgIpc) is 2.34. The second-order valence-corrected chi connectivity index (χ2v) is 4.34. The molecule has 1 aromatic rings. The Morgan fingerprint density at radius 3 is 1.86 bits per heavy atom. The Balaban J connectivity index is 2.91. The zero-order valence-corrected chi connectivity index (χ0v) is 10.7. The Morgan fingerprint density at radius 1 is 1.05 bits per heavy atom. The summed E-state index contributed by atoms with van der Waals surface area (Å²) in [5.41, 5.74) is -5.48. The number of rotatable bonds is 3. The first-order valence-electron chi connectivity index (χ1n) is 5.17. The summed E-state index contributed by atoms with van der Waals surface area (Å²) >= 11 is 5.52. The minimum Gasteiger partial charge on any atom is -0.458 e. The molecule has 0 saturated heterocycles. The molecule has 118 valence electrons. The Bertz CT molecular complexity index is 494. The maximum absolute atomic E-state index is 12.3. The van der Waals surface area contributed by atoms with Crippen LogP contribution in [0, 0.1) is 0 Å². The number of carbonyl (C=O) groups is 1. The van der Waals surface area contributed by atoms with Gasteiger partial charge in [-0.25, -0.2) is 4.79 Å². The zero-order valence-electron chi connectivity index (χ0n) is 9.93. The second kappa shape index (κ2) is 5.72. The molecule has 0 radical (unpaired) electrons. The van der Waals surface area contributed by atoms with E-state index in [0.29, 0.717) is 0 Å². The highest BCUT2D eigenvalue weighted by Gasteiger charge is 2.76. The molecule has 0 fully saturated rings. The lowest BCUT2D eigenvalue weighted by Gasteiger charge is -2.29. The maximum Gasteiger partial charge on any atom is 0.437 e. The molecule has 1 N–H and O–H groups in total. The van der Waals surface area contributed by atoms with E-state index in [4.69, 9.17) is 16.7 Å². The van der Waals surface area contributed by atoms with Gasteiger partial charge < -0.3 is 9.84 Å². The summed E-state index contributed by atoms with van der Waals surface area (Å²) in [6.45, 7) is -0.884. The van der Waals surface area contributed by atoms with Crippen LogP contribution in [0.2, 0.25) is 5.02 Å². The summed E-state index contributed by atoms with van der Waals surface area (Å²) in [5, 5.41) is 9.00. The third kappa shape index (κ3) is 3.59. The van der Waals surface area contributed by atoms with E-state index in [2.05, 4.69) is 4.74 Å². The third-order valence-electron chi connectivity index (χ3n) is 2.40. The molecule has 3 nitrogen and oxygen atoms in total. The molecule has 0 aliphatic heterocycles. The van der Waals surface area contributed by atoms with Crippen molar-refractivity contribution in [1.29, 1.82) is 0 Å². The van der Waals surface area contributed by atoms with Crippen molar-refractivity contribution in [2.24, 2.45) is 0 Å². The average molecular weight is 337 g/mol. The van der Waals surface area contributed by atoms with Crippen LogP contribution in [0.25, 0.3) is 0 Å². The molecule has 0 atom stereocenters. The van der Waals surface area contributed by atoms with Gasteiger partial charge in [-0.05, 0) is 17.7 Å². The van der Waals surface area contributed by atoms with E-state index in [1.807, 2.05) is 0 Å². The Morgan fingerprint density at radius 2 is 1.48 bits per heavy atom. The summed E-state index contributed by atoms with van der Waals surface area (Å²) in [6.07, 6.45) is -12.5. The van der Waals surface area contributed by atoms with Crippen LogP contribution in [-0.2, 0) is 16.1 Å². The normalized spacial score (nSPS) is 13.1. The minimum atomic E-state index is -6.26. The number of hydrogen-bond acceptors (Lipinski definition) is 3. The molecule has 0 saturated carbocycles. The number of halogens is 7. The van der Waals surface area contributed by atoms with Crippen LogP contribution in [0.4, 0.5) is 26.3 Å². The number of ether oxygens (including phenoxy) is 1. The van der Waals surface area contributed by atoms with E-state index in [1.54, 1.807) is 0 Å². The van der Waals surface area contributed by atoms with Crippen molar-refractivity contribution in [3.8, 4) is 0 Å². The van der Waals surface area contributed by atoms with E-state index in [-0.39, 0.29) is 10.6 Å². The van der Waals surface area contributed by atoms with Gasteiger partial charge in [-0.1, -0.05) is 23.7 Å². The van der Waals surface area contributed by atoms with E-state index < -0.39 is 30.5 Å². The van der Waals surface area contributed by atoms with Crippen LogP contribution in [0.1, 0.15) is 5.56 Å². The molecular weight excluding hydrogens is 330 g/mol. The number of alkyl halides is 6. The Kier molecular flexibility index (Phi) is 4.79. The molecule has 1 aromatic carbocycles. The first kappa shape index (κ1) is 17.6. The molecular formula is C11H7ClF6O3. The lowest BCUT2D eigenvalue weighted by atomic mass is 10.0. The summed E-state index contributed by atoms with van der Waals surface area (Å²) < 4.78 is 78.0. The van der Waals surface area contributed by atoms with Crippen molar-refractivity contribution in [3.63, 3.8) is 0 Å². The number of aliphatic hydroxyl groups is 1. The van der Waals surface area contributed by atoms with Gasteiger partial charge in [0.2, 0.25) is 0 Å². The fourth-order valence-electron chi connectivity index (χ4n) is 1.23. The molecule has 0 amide bonds. The largest absolute Gasteiger partial charge is 0.458 e. The monoisotopic (exact) mass is 336 g/mol. The predicted molar refractivity (Wildman–Crippen MR) is 58.3 cm³/mol. The summed E-state index contributed by atoms with van der Waals surface area (Å²) in [5.74, 6) is -2.85. The van der Waals surface area contributed by atoms with Gasteiger partial charge in [0, 0.05) is 5.02 Å². The first-order valence-corrected chi connectivity index (χ1v) is 5.55. The maximum atomic E-state index is 12.3. The van der Waals surface area contributed by atoms with E-state index >= 15 is 0 Å². The number of esters is 1. The van der Waals surface area contributed by atoms with Gasteiger partial charge >= 0.3 is 23.9 Å². The van der Waals surface area contributed by atoms with E-state index in [9.17, 15) is 31.1 Å². The fraction of sp³-hybridized carbons (Fsp3) is 0.364. The van der Waals surface area contributed by atoms with Crippen molar-refractivity contribution in [3.05, 3.63) is 34.9 Å². The van der Waals surface area contributed by atoms with Crippen LogP contribution < -0.4 is 0 Å². The van der Waals surface area contributed by atoms with Crippen LogP contribution in [0.3, 0.4) is 0 Å². The van der Waals surface area contributed by atoms with Crippen LogP contribution in [-0.4, -0.2) is 29.0 Å². The summed E-state index contributed by atoms with van der Waals surface area (Å²) in [4.78, 5) is 11.1. The van der Waals surface area contributed by atoms with Crippen molar-refractivity contribution >= 4 is 17.6 Å². The summed E-state index contributed by atoms with van der Waals surface area (Å²) in [6, 6.07) is 5.06. The van der Waals surface area contributed by atoms with Gasteiger partial charge in [0.1, 0.15) is 6.61 Å². The Hall–Kier alpha value is -1.48. The first-order chi connectivity index (χ1) is 9.39. The van der Waals surface area contributed by atoms with Crippen molar-refractivity contribution in [2.45, 2.75) is 24.6 Å². The predicted octanol–water partition coefficient (Wildman–Crippen LogP) is 3.24. The number of benzene rings is 1. The van der Waals surface area contributed by atoms with Gasteiger partial charge in [-0.2, -0.15) is 26.3 Å². The van der Waals surface area contributed by atoms with Gasteiger partial charge in [-0.15, -0.1) is 0 Å². The lowest BCUT2D eigenvalue weighted by Crippen LogP contribution is -2.62. The van der Waals surface area contributed by atoms with Crippen LogP contribution in [0.5, 0.6) is 0 Å². The number of carbonyl (C=O) groups excluding carboxylic acids is 1. The molecule has 0 heterocycles. The Labute approximate surface area is 119 Å². The molecule has 10 heteroatoms. The molecule has 1 rings (SSSR count). The van der Waals surface area contributed by atoms with Crippen LogP contribution >= 0.6 is 11.6 Å². The number of hydrogen-bond donors (Lipinski definition) is 1. The molecule has 0 unspecified atom stereocenters. The highest BCUT2D eigenvalue weighted by atomic mass is 35.5. The molecule has 21 heavy (non-hydrogen) atoms. The highest BCUT2D eigenvalue weighted by Crippen LogP contribution is 2.43. The highest BCUT2D eigenvalue weighted by molar-refractivity contribution is 6.30. The topological polar surface area (TPSA) is 46.5 Å². The smallest absolute Gasteiger partial charge is 0.437 e. The van der Waals surface area contributed by atoms with Crippen molar-refractivity contribution in [2.75, 3.05) is 0 Å². The van der Waals surface area contributed by atoms with Crippen LogP contribution in [0.15, 0.2) is 24.3 Å². The van der Waals surface area contributed by atoms with Gasteiger partial charge in [-0.3, -0.25) is 0 Å². The zero-order chi connectivity index (χ0) is 16.5. The molecule has 0 aliphatic carbocycles. The standard InChI is InChI=1S/C11H7ClF6O3/c12-7-3-1-6(2-4-7)5-21-8(19)9(20,10(13,14)15)11(16,17)18/h1-4,20H,5H2. The summed E-state index contributed by atoms with van der Waals surface area (Å²) in [7, 11) is 0. The lowest BCUT2D eigenvalue weighted by molar-refractivity contribution is -0.357. The molecule has 0 spiro atoms. The van der Waals surface area contributed by atoms with Gasteiger partial charge in [0.15, 0.2) is 0 Å². The molecule has 0 aliphatic rings. The molecule has 0 bridgehead atoms. The SMILES string of the molecule is O=C(OCc1ccc(Cl)cc1)C(O)(C(F)(F)F)C(F)(F)F. The molecule has 0 aromatic heterocycles. The minimum absolute atomic E-state index is 0.0967. The second-order valence-electron chi connectivity index (χ2n) is 3.91. The van der Waals surface area contributed by atoms with Gasteiger partial charge in [0.05, 0.1) is 0 Å². The van der Waals surface area contributed by atoms with Crippen molar-refractivity contribution < 1.29 is 41.0 Å². The van der Waals surface area contributed by atoms with Gasteiger partial charge in [0.25, 0.3) is 0 Å². The third-order valence-corrected chi connectivity index (χ3v) is 2.65. The van der Waals surface area contributed by atoms with E-state index in [0.717, 1.165) is 0 Å². The van der Waals surface area contributed by atoms with Crippen molar-refractivity contribution in [1.82, 2.24) is 0 Å².